The number of hydrogen-bond acceptors (Lipinski definition) is 4. The fourth-order valence-corrected chi connectivity index (χ4v) is 2.86. The Balaban J connectivity index is 1.86. The van der Waals surface area contributed by atoms with E-state index in [1.165, 1.54) is 0 Å². The van der Waals surface area contributed by atoms with Gasteiger partial charge in [0.15, 0.2) is 5.82 Å². The molecule has 0 saturated heterocycles. The third-order valence-corrected chi connectivity index (χ3v) is 4.27. The Morgan fingerprint density at radius 1 is 1.24 bits per heavy atom. The van der Waals surface area contributed by atoms with Crippen LogP contribution in [-0.2, 0) is 5.41 Å². The zero-order valence-corrected chi connectivity index (χ0v) is 13.1. The third-order valence-electron chi connectivity index (χ3n) is 4.27. The minimum Gasteiger partial charge on any atom is -0.366 e. The van der Waals surface area contributed by atoms with Crippen molar-refractivity contribution >= 4 is 11.3 Å². The highest BCUT2D eigenvalue weighted by molar-refractivity contribution is 5.68. The zero-order valence-electron chi connectivity index (χ0n) is 13.1. The molecular formula is C16H25N5. The molecule has 21 heavy (non-hydrogen) atoms. The van der Waals surface area contributed by atoms with Crippen molar-refractivity contribution in [2.24, 2.45) is 5.73 Å². The molecule has 2 aromatic rings. The normalized spacial score (nSPS) is 23.4. The van der Waals surface area contributed by atoms with E-state index in [9.17, 15) is 0 Å². The van der Waals surface area contributed by atoms with E-state index in [0.717, 1.165) is 42.7 Å². The van der Waals surface area contributed by atoms with Crippen LogP contribution in [0.2, 0.25) is 0 Å². The lowest BCUT2D eigenvalue weighted by molar-refractivity contribution is 0.410. The van der Waals surface area contributed by atoms with Crippen molar-refractivity contribution in [3.63, 3.8) is 0 Å². The Morgan fingerprint density at radius 3 is 2.62 bits per heavy atom. The topological polar surface area (TPSA) is 68.2 Å². The van der Waals surface area contributed by atoms with Gasteiger partial charge in [-0.15, -0.1) is 0 Å². The number of nitrogens with two attached hydrogens (primary N) is 1. The minimum absolute atomic E-state index is 0.0426. The highest BCUT2D eigenvalue weighted by atomic mass is 15.2. The molecule has 1 saturated carbocycles. The molecule has 0 amide bonds. The van der Waals surface area contributed by atoms with Gasteiger partial charge in [0.05, 0.1) is 5.69 Å². The van der Waals surface area contributed by atoms with Crippen LogP contribution in [0.25, 0.3) is 5.52 Å². The predicted octanol–water partition coefficient (Wildman–Crippen LogP) is 2.71. The van der Waals surface area contributed by atoms with Gasteiger partial charge in [0.2, 0.25) is 0 Å². The molecule has 0 atom stereocenters. The Hall–Kier alpha value is -1.62. The Kier molecular flexibility index (Phi) is 3.61. The number of hydrogen-bond donors (Lipinski definition) is 2. The molecule has 0 radical (unpaired) electrons. The van der Waals surface area contributed by atoms with Crippen molar-refractivity contribution in [1.82, 2.24) is 14.6 Å². The van der Waals surface area contributed by atoms with Gasteiger partial charge in [-0.25, -0.2) is 9.50 Å². The molecule has 3 rings (SSSR count). The van der Waals surface area contributed by atoms with Crippen LogP contribution in [0.3, 0.4) is 0 Å². The first-order chi connectivity index (χ1) is 9.93. The number of rotatable bonds is 2. The molecule has 0 bridgehead atoms. The SMILES string of the molecule is CC(C)(C)c1cc2c(NC3CCC(N)CC3)nccn2n1. The second-order valence-electron chi connectivity index (χ2n) is 7.14. The molecule has 2 heterocycles. The number of aromatic nitrogens is 3. The molecule has 5 nitrogen and oxygen atoms in total. The Morgan fingerprint density at radius 2 is 1.95 bits per heavy atom. The van der Waals surface area contributed by atoms with Gasteiger partial charge in [0.1, 0.15) is 5.52 Å². The highest BCUT2D eigenvalue weighted by Gasteiger charge is 2.22. The van der Waals surface area contributed by atoms with Crippen LogP contribution in [0.4, 0.5) is 5.82 Å². The number of nitrogens with one attached hydrogen (secondary N) is 1. The van der Waals surface area contributed by atoms with Gasteiger partial charge in [0.25, 0.3) is 0 Å². The molecule has 5 heteroatoms. The largest absolute Gasteiger partial charge is 0.366 e. The van der Waals surface area contributed by atoms with E-state index in [1.54, 1.807) is 0 Å². The molecule has 1 aliphatic carbocycles. The number of nitrogens with zero attached hydrogens (tertiary/aromatic N) is 3. The van der Waals surface area contributed by atoms with Crippen LogP contribution >= 0.6 is 0 Å². The molecule has 3 N–H and O–H groups in total. The van der Waals surface area contributed by atoms with Gasteiger partial charge < -0.3 is 11.1 Å². The van der Waals surface area contributed by atoms with E-state index in [0.29, 0.717) is 12.1 Å². The smallest absolute Gasteiger partial charge is 0.152 e. The van der Waals surface area contributed by atoms with Crippen molar-refractivity contribution in [2.45, 2.75) is 64.0 Å². The summed E-state index contributed by atoms with van der Waals surface area (Å²) in [6.45, 7) is 6.54. The molecule has 0 aliphatic heterocycles. The maximum atomic E-state index is 5.97. The Labute approximate surface area is 125 Å². The maximum absolute atomic E-state index is 5.97. The van der Waals surface area contributed by atoms with Crippen molar-refractivity contribution in [2.75, 3.05) is 5.32 Å². The van der Waals surface area contributed by atoms with E-state index in [1.807, 2.05) is 16.9 Å². The van der Waals surface area contributed by atoms with Crippen LogP contribution in [0, 0.1) is 0 Å². The lowest BCUT2D eigenvalue weighted by Gasteiger charge is -2.27. The number of fused-ring (bicyclic) bond motifs is 1. The first-order valence-corrected chi connectivity index (χ1v) is 7.80. The second kappa shape index (κ2) is 5.30. The fraction of sp³-hybridized carbons (Fsp3) is 0.625. The summed E-state index contributed by atoms with van der Waals surface area (Å²) in [7, 11) is 0. The molecule has 0 unspecified atom stereocenters. The average Bonchev–Trinajstić information content (AvgIpc) is 2.86. The minimum atomic E-state index is 0.0426. The summed E-state index contributed by atoms with van der Waals surface area (Å²) >= 11 is 0. The molecule has 2 aromatic heterocycles. The van der Waals surface area contributed by atoms with Crippen molar-refractivity contribution in [3.05, 3.63) is 24.2 Å². The second-order valence-corrected chi connectivity index (χ2v) is 7.14. The molecule has 114 valence electrons. The average molecular weight is 287 g/mol. The predicted molar refractivity (Wildman–Crippen MR) is 85.5 cm³/mol. The van der Waals surface area contributed by atoms with E-state index >= 15 is 0 Å². The summed E-state index contributed by atoms with van der Waals surface area (Å²) in [6, 6.07) is 2.98. The van der Waals surface area contributed by atoms with Gasteiger partial charge >= 0.3 is 0 Å². The van der Waals surface area contributed by atoms with E-state index < -0.39 is 0 Å². The van der Waals surface area contributed by atoms with Crippen molar-refractivity contribution in [1.29, 1.82) is 0 Å². The summed E-state index contributed by atoms with van der Waals surface area (Å²) in [4.78, 5) is 4.51. The van der Waals surface area contributed by atoms with Crippen LogP contribution in [0.1, 0.15) is 52.1 Å². The van der Waals surface area contributed by atoms with Crippen molar-refractivity contribution in [3.8, 4) is 0 Å². The molecule has 1 aliphatic rings. The third kappa shape index (κ3) is 3.02. The van der Waals surface area contributed by atoms with E-state index in [-0.39, 0.29) is 5.41 Å². The van der Waals surface area contributed by atoms with E-state index in [2.05, 4.69) is 42.2 Å². The van der Waals surface area contributed by atoms with Gasteiger partial charge in [-0.1, -0.05) is 20.8 Å². The molecular weight excluding hydrogens is 262 g/mol. The first kappa shape index (κ1) is 14.3. The quantitative estimate of drug-likeness (QED) is 0.891. The van der Waals surface area contributed by atoms with Crippen LogP contribution in [-0.4, -0.2) is 26.7 Å². The lowest BCUT2D eigenvalue weighted by atomic mass is 9.91. The maximum Gasteiger partial charge on any atom is 0.152 e. The molecule has 1 fully saturated rings. The van der Waals surface area contributed by atoms with Gasteiger partial charge in [-0.05, 0) is 31.7 Å². The van der Waals surface area contributed by atoms with Crippen LogP contribution in [0.15, 0.2) is 18.5 Å². The monoisotopic (exact) mass is 287 g/mol. The molecule has 0 spiro atoms. The molecule has 0 aromatic carbocycles. The zero-order chi connectivity index (χ0) is 15.0. The number of anilines is 1. The summed E-state index contributed by atoms with van der Waals surface area (Å²) < 4.78 is 1.92. The summed E-state index contributed by atoms with van der Waals surface area (Å²) in [6.07, 6.45) is 8.13. The van der Waals surface area contributed by atoms with Gasteiger partial charge in [-0.3, -0.25) is 0 Å². The Bertz CT molecular complexity index is 617. The van der Waals surface area contributed by atoms with Crippen molar-refractivity contribution < 1.29 is 0 Å². The van der Waals surface area contributed by atoms with Gasteiger partial charge in [0, 0.05) is 29.9 Å². The van der Waals surface area contributed by atoms with Gasteiger partial charge in [-0.2, -0.15) is 5.10 Å². The summed E-state index contributed by atoms with van der Waals surface area (Å²) in [5.41, 5.74) is 8.16. The lowest BCUT2D eigenvalue weighted by Crippen LogP contribution is -2.33. The van der Waals surface area contributed by atoms with E-state index in [4.69, 9.17) is 5.73 Å². The summed E-state index contributed by atoms with van der Waals surface area (Å²) in [5, 5.41) is 8.25. The highest BCUT2D eigenvalue weighted by Crippen LogP contribution is 2.26. The van der Waals surface area contributed by atoms with Crippen LogP contribution < -0.4 is 11.1 Å². The summed E-state index contributed by atoms with van der Waals surface area (Å²) in [5.74, 6) is 0.931. The standard InChI is InChI=1S/C16H25N5/c1-16(2,3)14-10-13-15(18-8-9-21(13)20-14)19-12-6-4-11(17)5-7-12/h8-12H,4-7,17H2,1-3H3,(H,18,19). The van der Waals surface area contributed by atoms with Crippen LogP contribution in [0.5, 0.6) is 0 Å². The first-order valence-electron chi connectivity index (χ1n) is 7.80. The fourth-order valence-electron chi connectivity index (χ4n) is 2.86.